The molecule has 0 aromatic carbocycles. The van der Waals surface area contributed by atoms with E-state index in [1.807, 2.05) is 0 Å². The zero-order chi connectivity index (χ0) is 17.6. The van der Waals surface area contributed by atoms with Gasteiger partial charge in [0.1, 0.15) is 15.7 Å². The Balaban J connectivity index is 2.48. The summed E-state index contributed by atoms with van der Waals surface area (Å²) in [4.78, 5) is 17.4. The van der Waals surface area contributed by atoms with Crippen molar-refractivity contribution in [2.45, 2.75) is 44.7 Å². The van der Waals surface area contributed by atoms with Crippen LogP contribution >= 0.6 is 0 Å². The van der Waals surface area contributed by atoms with Gasteiger partial charge >= 0.3 is 0 Å². The molecule has 3 rings (SSSR count). The van der Waals surface area contributed by atoms with Gasteiger partial charge in [-0.1, -0.05) is 19.8 Å². The SMILES string of the molecule is CCS(=O)(=O)C(NC)=c1c(=O)n(C)c2n(c1=N)C1CCCCC1N=2. The maximum absolute atomic E-state index is 12.8. The van der Waals surface area contributed by atoms with Crippen LogP contribution in [0.5, 0.6) is 0 Å². The first-order valence-corrected chi connectivity index (χ1v) is 9.87. The van der Waals surface area contributed by atoms with Crippen molar-refractivity contribution in [2.75, 3.05) is 12.8 Å². The average Bonchev–Trinajstić information content (AvgIpc) is 2.96. The fourth-order valence-electron chi connectivity index (χ4n) is 3.68. The number of nitrogens with one attached hydrogen (secondary N) is 2. The molecule has 2 heterocycles. The van der Waals surface area contributed by atoms with Gasteiger partial charge in [0.15, 0.2) is 9.84 Å². The van der Waals surface area contributed by atoms with Crippen LogP contribution in [0.4, 0.5) is 0 Å². The van der Waals surface area contributed by atoms with Gasteiger partial charge in [0.25, 0.3) is 5.56 Å². The predicted molar refractivity (Wildman–Crippen MR) is 89.5 cm³/mol. The highest BCUT2D eigenvalue weighted by Crippen LogP contribution is 2.30. The lowest BCUT2D eigenvalue weighted by Gasteiger charge is -2.25. The van der Waals surface area contributed by atoms with Gasteiger partial charge in [-0.25, -0.2) is 13.4 Å². The van der Waals surface area contributed by atoms with E-state index in [2.05, 4.69) is 10.3 Å². The molecule has 0 saturated heterocycles. The molecular formula is C15H23N5O3S. The van der Waals surface area contributed by atoms with Crippen molar-refractivity contribution in [1.82, 2.24) is 14.5 Å². The zero-order valence-electron chi connectivity index (χ0n) is 14.2. The van der Waals surface area contributed by atoms with Crippen molar-refractivity contribution in [3.05, 3.63) is 26.7 Å². The Morgan fingerprint density at radius 1 is 1.38 bits per heavy atom. The molecule has 1 aliphatic carbocycles. The number of aromatic nitrogens is 2. The molecule has 0 radical (unpaired) electrons. The standard InChI is InChI=1S/C15H23N5O3S/c1-4-24(22,23)13(17-2)11-12(16)20-10-8-6-5-7-9(10)18-15(20)19(3)14(11)21/h9-10,16-17H,4-8H2,1-3H3. The molecule has 0 amide bonds. The van der Waals surface area contributed by atoms with Crippen molar-refractivity contribution in [1.29, 1.82) is 5.41 Å². The molecule has 1 aliphatic heterocycles. The van der Waals surface area contributed by atoms with Gasteiger partial charge in [0, 0.05) is 14.1 Å². The lowest BCUT2D eigenvalue weighted by molar-refractivity contribution is 0.321. The smallest absolute Gasteiger partial charge is 0.266 e. The van der Waals surface area contributed by atoms with Crippen LogP contribution in [0.3, 0.4) is 0 Å². The molecule has 0 bridgehead atoms. The van der Waals surface area contributed by atoms with Crippen LogP contribution in [0.2, 0.25) is 0 Å². The summed E-state index contributed by atoms with van der Waals surface area (Å²) in [6, 6.07) is 0.110. The highest BCUT2D eigenvalue weighted by Gasteiger charge is 2.33. The van der Waals surface area contributed by atoms with E-state index < -0.39 is 15.4 Å². The van der Waals surface area contributed by atoms with Gasteiger partial charge in [-0.2, -0.15) is 0 Å². The van der Waals surface area contributed by atoms with Crippen molar-refractivity contribution in [2.24, 2.45) is 12.0 Å². The first-order chi connectivity index (χ1) is 11.3. The molecule has 1 aromatic heterocycles. The van der Waals surface area contributed by atoms with E-state index in [1.165, 1.54) is 18.5 Å². The Hall–Kier alpha value is -1.90. The van der Waals surface area contributed by atoms with Gasteiger partial charge in [0.05, 0.1) is 17.8 Å². The summed E-state index contributed by atoms with van der Waals surface area (Å²) < 4.78 is 27.8. The molecule has 9 heteroatoms. The molecule has 8 nitrogen and oxygen atoms in total. The number of hydrogen-bond donors (Lipinski definition) is 2. The zero-order valence-corrected chi connectivity index (χ0v) is 15.0. The molecule has 24 heavy (non-hydrogen) atoms. The molecular weight excluding hydrogens is 330 g/mol. The summed E-state index contributed by atoms with van der Waals surface area (Å²) in [7, 11) is -0.591. The lowest BCUT2D eigenvalue weighted by Crippen LogP contribution is -2.59. The summed E-state index contributed by atoms with van der Waals surface area (Å²) in [6.07, 6.45) is 3.97. The number of fused-ring (bicyclic) bond motifs is 3. The third kappa shape index (κ3) is 2.33. The van der Waals surface area contributed by atoms with E-state index >= 15 is 0 Å². The van der Waals surface area contributed by atoms with Crippen LogP contribution in [0.15, 0.2) is 9.79 Å². The highest BCUT2D eigenvalue weighted by atomic mass is 32.2. The molecule has 132 valence electrons. The molecule has 1 aromatic rings. The minimum atomic E-state index is -3.64. The van der Waals surface area contributed by atoms with Gasteiger partial charge in [-0.05, 0) is 12.8 Å². The van der Waals surface area contributed by atoms with E-state index in [4.69, 9.17) is 5.41 Å². The maximum Gasteiger partial charge on any atom is 0.266 e. The Kier molecular flexibility index (Phi) is 4.15. The first kappa shape index (κ1) is 16.9. The van der Waals surface area contributed by atoms with E-state index in [9.17, 15) is 13.2 Å². The number of sulfone groups is 1. The van der Waals surface area contributed by atoms with Crippen LogP contribution in [-0.4, -0.2) is 36.4 Å². The summed E-state index contributed by atoms with van der Waals surface area (Å²) in [5.41, 5.74) is -0.0994. The van der Waals surface area contributed by atoms with E-state index in [1.54, 1.807) is 11.6 Å². The molecule has 0 spiro atoms. The third-order valence-corrected chi connectivity index (χ3v) is 6.75. The second-order valence-electron chi connectivity index (χ2n) is 6.29. The van der Waals surface area contributed by atoms with Crippen LogP contribution in [0.25, 0.3) is 5.03 Å². The van der Waals surface area contributed by atoms with Crippen LogP contribution in [-0.2, 0) is 16.9 Å². The quantitative estimate of drug-likeness (QED) is 0.689. The molecule has 2 aliphatic rings. The van der Waals surface area contributed by atoms with Crippen molar-refractivity contribution in [3.8, 4) is 0 Å². The van der Waals surface area contributed by atoms with Crippen molar-refractivity contribution in [3.63, 3.8) is 0 Å². The van der Waals surface area contributed by atoms with Gasteiger partial charge in [-0.3, -0.25) is 19.3 Å². The molecule has 2 atom stereocenters. The van der Waals surface area contributed by atoms with Crippen LogP contribution in [0.1, 0.15) is 38.6 Å². The first-order valence-electron chi connectivity index (χ1n) is 8.22. The average molecular weight is 353 g/mol. The van der Waals surface area contributed by atoms with Crippen LogP contribution < -0.4 is 27.2 Å². The van der Waals surface area contributed by atoms with Gasteiger partial charge < -0.3 is 5.32 Å². The Bertz CT molecular complexity index is 1020. The summed E-state index contributed by atoms with van der Waals surface area (Å²) >= 11 is 0. The summed E-state index contributed by atoms with van der Waals surface area (Å²) in [5, 5.41) is 10.9. The number of hydrogen-bond acceptors (Lipinski definition) is 6. The number of rotatable bonds is 3. The van der Waals surface area contributed by atoms with Gasteiger partial charge in [-0.15, -0.1) is 0 Å². The molecule has 1 fully saturated rings. The minimum Gasteiger partial charge on any atom is -0.378 e. The second-order valence-corrected chi connectivity index (χ2v) is 8.50. The Morgan fingerprint density at radius 3 is 2.67 bits per heavy atom. The Morgan fingerprint density at radius 2 is 2.04 bits per heavy atom. The summed E-state index contributed by atoms with van der Waals surface area (Å²) in [6.45, 7) is 1.52. The fourth-order valence-corrected chi connectivity index (χ4v) is 4.78. The Labute approximate surface area is 140 Å². The van der Waals surface area contributed by atoms with Crippen LogP contribution in [0, 0.1) is 5.41 Å². The van der Waals surface area contributed by atoms with E-state index in [0.29, 0.717) is 5.62 Å². The second kappa shape index (κ2) is 5.87. The minimum absolute atomic E-state index is 0.0363. The molecule has 2 N–H and O–H groups in total. The lowest BCUT2D eigenvalue weighted by atomic mass is 9.91. The monoisotopic (exact) mass is 353 g/mol. The highest BCUT2D eigenvalue weighted by molar-refractivity contribution is 8.00. The number of nitrogens with zero attached hydrogens (tertiary/aromatic N) is 3. The summed E-state index contributed by atoms with van der Waals surface area (Å²) in [5.74, 6) is -0.135. The predicted octanol–water partition coefficient (Wildman–Crippen LogP) is -1.50. The van der Waals surface area contributed by atoms with Crippen molar-refractivity contribution >= 4 is 14.9 Å². The normalized spacial score (nSPS) is 24.0. The largest absolute Gasteiger partial charge is 0.378 e. The van der Waals surface area contributed by atoms with Gasteiger partial charge in [0.2, 0.25) is 5.62 Å². The topological polar surface area (TPSA) is 109 Å². The van der Waals surface area contributed by atoms with Crippen molar-refractivity contribution < 1.29 is 8.42 Å². The fraction of sp³-hybridized carbons (Fsp3) is 0.667. The third-order valence-electron chi connectivity index (χ3n) is 4.96. The molecule has 2 unspecified atom stereocenters. The van der Waals surface area contributed by atoms with E-state index in [0.717, 1.165) is 25.7 Å². The maximum atomic E-state index is 12.8. The molecule has 1 saturated carbocycles. The van der Waals surface area contributed by atoms with E-state index in [-0.39, 0.29) is 33.6 Å².